The molecule has 142 valence electrons. The number of hydrogen-bond acceptors (Lipinski definition) is 4. The van der Waals surface area contributed by atoms with Gasteiger partial charge in [0.25, 0.3) is 0 Å². The number of amides is 2. The monoisotopic (exact) mass is 383 g/mol. The quantitative estimate of drug-likeness (QED) is 0.798. The summed E-state index contributed by atoms with van der Waals surface area (Å²) in [5, 5.41) is 2.09. The number of fused-ring (bicyclic) bond motifs is 1. The summed E-state index contributed by atoms with van der Waals surface area (Å²) in [6, 6.07) is 8.30. The molecular weight excluding hydrogens is 358 g/mol. The molecule has 0 aliphatic carbocycles. The Kier molecular flexibility index (Phi) is 5.53. The minimum atomic E-state index is 0.170. The molecule has 5 nitrogen and oxygen atoms in total. The number of carbonyl (C=O) groups excluding carboxylic acids is 2. The summed E-state index contributed by atoms with van der Waals surface area (Å²) in [4.78, 5) is 34.7. The van der Waals surface area contributed by atoms with Gasteiger partial charge in [-0.2, -0.15) is 0 Å². The first-order chi connectivity index (χ1) is 13.2. The fourth-order valence-corrected chi connectivity index (χ4v) is 5.04. The average Bonchev–Trinajstić information content (AvgIpc) is 3.21. The molecule has 0 radical (unpaired) electrons. The van der Waals surface area contributed by atoms with Gasteiger partial charge in [0.2, 0.25) is 11.8 Å². The van der Waals surface area contributed by atoms with Crippen molar-refractivity contribution < 1.29 is 9.59 Å². The van der Waals surface area contributed by atoms with Gasteiger partial charge in [-0.05, 0) is 48.3 Å². The SMILES string of the molecule is O=C(Cc1cccnc1)N1CC[C@H]2[C@H](CCC(=O)N2CCc2cccs2)C1. The predicted octanol–water partition coefficient (Wildman–Crippen LogP) is 2.77. The molecule has 4 rings (SSSR count). The van der Waals surface area contributed by atoms with Crippen LogP contribution in [0.25, 0.3) is 0 Å². The van der Waals surface area contributed by atoms with Crippen molar-refractivity contribution in [2.75, 3.05) is 19.6 Å². The van der Waals surface area contributed by atoms with Crippen LogP contribution in [0.4, 0.5) is 0 Å². The first kappa shape index (κ1) is 18.2. The number of nitrogens with zero attached hydrogens (tertiary/aromatic N) is 3. The first-order valence-electron chi connectivity index (χ1n) is 9.69. The number of rotatable bonds is 5. The second-order valence-electron chi connectivity index (χ2n) is 7.45. The number of likely N-dealkylation sites (tertiary alicyclic amines) is 2. The van der Waals surface area contributed by atoms with E-state index in [9.17, 15) is 9.59 Å². The van der Waals surface area contributed by atoms with Crippen LogP contribution in [0.3, 0.4) is 0 Å². The summed E-state index contributed by atoms with van der Waals surface area (Å²) in [6.45, 7) is 2.31. The zero-order valence-electron chi connectivity index (χ0n) is 15.4. The number of pyridine rings is 1. The smallest absolute Gasteiger partial charge is 0.227 e. The van der Waals surface area contributed by atoms with E-state index in [1.807, 2.05) is 17.0 Å². The van der Waals surface area contributed by atoms with Crippen molar-refractivity contribution in [3.05, 3.63) is 52.5 Å². The molecule has 2 amide bonds. The number of hydrogen-bond donors (Lipinski definition) is 0. The number of aromatic nitrogens is 1. The van der Waals surface area contributed by atoms with Crippen LogP contribution in [-0.4, -0.2) is 52.3 Å². The Labute approximate surface area is 164 Å². The van der Waals surface area contributed by atoms with E-state index in [2.05, 4.69) is 27.4 Å². The standard InChI is InChI=1S/C21H25N3O2S/c25-20-6-5-17-15-23(21(26)13-16-3-1-9-22-14-16)10-8-19(17)24(20)11-7-18-4-2-12-27-18/h1-4,9,12,14,17,19H,5-8,10-11,13,15H2/t17-,19+/m1/s1. The van der Waals surface area contributed by atoms with Gasteiger partial charge in [0.15, 0.2) is 0 Å². The topological polar surface area (TPSA) is 53.5 Å². The van der Waals surface area contributed by atoms with Crippen LogP contribution in [-0.2, 0) is 22.4 Å². The highest BCUT2D eigenvalue weighted by molar-refractivity contribution is 7.09. The van der Waals surface area contributed by atoms with Crippen molar-refractivity contribution in [3.63, 3.8) is 0 Å². The minimum Gasteiger partial charge on any atom is -0.342 e. The molecule has 0 aromatic carbocycles. The molecule has 0 N–H and O–H groups in total. The van der Waals surface area contributed by atoms with Crippen molar-refractivity contribution >= 4 is 23.2 Å². The second kappa shape index (κ2) is 8.21. The summed E-state index contributed by atoms with van der Waals surface area (Å²) in [5.41, 5.74) is 0.959. The van der Waals surface area contributed by atoms with Crippen molar-refractivity contribution in [1.82, 2.24) is 14.8 Å². The zero-order valence-corrected chi connectivity index (χ0v) is 16.2. The van der Waals surface area contributed by atoms with E-state index in [4.69, 9.17) is 0 Å². The highest BCUT2D eigenvalue weighted by Crippen LogP contribution is 2.32. The lowest BCUT2D eigenvalue weighted by Gasteiger charge is -2.47. The van der Waals surface area contributed by atoms with E-state index in [0.29, 0.717) is 18.8 Å². The van der Waals surface area contributed by atoms with Gasteiger partial charge in [0, 0.05) is 49.4 Å². The molecular formula is C21H25N3O2S. The molecule has 2 aromatic heterocycles. The van der Waals surface area contributed by atoms with Gasteiger partial charge in [-0.1, -0.05) is 12.1 Å². The van der Waals surface area contributed by atoms with Crippen LogP contribution in [0, 0.1) is 5.92 Å². The van der Waals surface area contributed by atoms with Crippen molar-refractivity contribution in [2.45, 2.75) is 38.1 Å². The van der Waals surface area contributed by atoms with E-state index in [1.54, 1.807) is 23.7 Å². The molecule has 4 heterocycles. The maximum absolute atomic E-state index is 12.7. The normalized spacial score (nSPS) is 22.6. The molecule has 0 spiro atoms. The fraction of sp³-hybridized carbons (Fsp3) is 0.476. The molecule has 0 bridgehead atoms. The van der Waals surface area contributed by atoms with Gasteiger partial charge in [-0.25, -0.2) is 0 Å². The van der Waals surface area contributed by atoms with Gasteiger partial charge in [0.1, 0.15) is 0 Å². The molecule has 2 saturated heterocycles. The van der Waals surface area contributed by atoms with Gasteiger partial charge < -0.3 is 9.80 Å². The maximum atomic E-state index is 12.7. The van der Waals surface area contributed by atoms with E-state index in [-0.39, 0.29) is 17.9 Å². The minimum absolute atomic E-state index is 0.170. The van der Waals surface area contributed by atoms with Crippen LogP contribution >= 0.6 is 11.3 Å². The Morgan fingerprint density at radius 2 is 2.19 bits per heavy atom. The zero-order chi connectivity index (χ0) is 18.6. The van der Waals surface area contributed by atoms with Crippen molar-refractivity contribution in [1.29, 1.82) is 0 Å². The molecule has 2 fully saturated rings. The maximum Gasteiger partial charge on any atom is 0.227 e. The molecule has 0 saturated carbocycles. The van der Waals surface area contributed by atoms with E-state index in [1.165, 1.54) is 4.88 Å². The summed E-state index contributed by atoms with van der Waals surface area (Å²) >= 11 is 1.75. The first-order valence-corrected chi connectivity index (χ1v) is 10.6. The Bertz CT molecular complexity index is 778. The molecule has 2 atom stereocenters. The van der Waals surface area contributed by atoms with Crippen LogP contribution < -0.4 is 0 Å². The number of thiophene rings is 1. The fourth-order valence-electron chi connectivity index (χ4n) is 4.34. The summed E-state index contributed by atoms with van der Waals surface area (Å²) in [5.74, 6) is 0.851. The van der Waals surface area contributed by atoms with Gasteiger partial charge in [0.05, 0.1) is 6.42 Å². The highest BCUT2D eigenvalue weighted by Gasteiger charge is 2.40. The van der Waals surface area contributed by atoms with Gasteiger partial charge in [-0.3, -0.25) is 14.6 Å². The lowest BCUT2D eigenvalue weighted by molar-refractivity contribution is -0.143. The summed E-state index contributed by atoms with van der Waals surface area (Å²) < 4.78 is 0. The van der Waals surface area contributed by atoms with E-state index < -0.39 is 0 Å². The molecule has 2 aromatic rings. The van der Waals surface area contributed by atoms with Gasteiger partial charge in [-0.15, -0.1) is 11.3 Å². The molecule has 2 aliphatic heterocycles. The van der Waals surface area contributed by atoms with Crippen LogP contribution in [0.1, 0.15) is 29.7 Å². The largest absolute Gasteiger partial charge is 0.342 e. The Morgan fingerprint density at radius 1 is 1.26 bits per heavy atom. The average molecular weight is 384 g/mol. The summed E-state index contributed by atoms with van der Waals surface area (Å²) in [7, 11) is 0. The van der Waals surface area contributed by atoms with Crippen LogP contribution in [0.2, 0.25) is 0 Å². The molecule has 0 unspecified atom stereocenters. The predicted molar refractivity (Wildman–Crippen MR) is 105 cm³/mol. The Morgan fingerprint density at radius 3 is 2.96 bits per heavy atom. The lowest BCUT2D eigenvalue weighted by Crippen LogP contribution is -2.57. The molecule has 6 heteroatoms. The van der Waals surface area contributed by atoms with Crippen LogP contribution in [0.5, 0.6) is 0 Å². The van der Waals surface area contributed by atoms with Crippen LogP contribution in [0.15, 0.2) is 42.0 Å². The molecule has 27 heavy (non-hydrogen) atoms. The third-order valence-electron chi connectivity index (χ3n) is 5.75. The lowest BCUT2D eigenvalue weighted by atomic mass is 9.83. The Balaban J connectivity index is 1.36. The van der Waals surface area contributed by atoms with Gasteiger partial charge >= 0.3 is 0 Å². The van der Waals surface area contributed by atoms with Crippen molar-refractivity contribution in [2.24, 2.45) is 5.92 Å². The second-order valence-corrected chi connectivity index (χ2v) is 8.48. The van der Waals surface area contributed by atoms with E-state index >= 15 is 0 Å². The van der Waals surface area contributed by atoms with Crippen molar-refractivity contribution in [3.8, 4) is 0 Å². The molecule has 2 aliphatic rings. The number of carbonyl (C=O) groups is 2. The third kappa shape index (κ3) is 4.21. The highest BCUT2D eigenvalue weighted by atomic mass is 32.1. The Hall–Kier alpha value is -2.21. The third-order valence-corrected chi connectivity index (χ3v) is 6.69. The summed E-state index contributed by atoms with van der Waals surface area (Å²) in [6.07, 6.45) is 7.22. The van der Waals surface area contributed by atoms with E-state index in [0.717, 1.165) is 44.5 Å². The number of piperidine rings is 2.